The highest BCUT2D eigenvalue weighted by Gasteiger charge is 2.37. The highest BCUT2D eigenvalue weighted by Crippen LogP contribution is 2.21. The molecule has 2 aliphatic rings. The van der Waals surface area contributed by atoms with Gasteiger partial charge in [0.15, 0.2) is 0 Å². The van der Waals surface area contributed by atoms with Gasteiger partial charge in [-0.05, 0) is 44.2 Å². The van der Waals surface area contributed by atoms with Gasteiger partial charge in [-0.25, -0.2) is 4.79 Å². The molecule has 23 heavy (non-hydrogen) atoms. The lowest BCUT2D eigenvalue weighted by Gasteiger charge is -2.40. The molecule has 2 fully saturated rings. The monoisotopic (exact) mass is 319 g/mol. The van der Waals surface area contributed by atoms with E-state index in [0.717, 1.165) is 6.42 Å². The van der Waals surface area contributed by atoms with E-state index in [9.17, 15) is 14.9 Å². The summed E-state index contributed by atoms with van der Waals surface area (Å²) in [6.45, 7) is 2.96. The Morgan fingerprint density at radius 1 is 1.17 bits per heavy atom. The number of nitrogens with one attached hydrogen (secondary N) is 1. The second-order valence-corrected chi connectivity index (χ2v) is 6.57. The molecule has 2 aliphatic heterocycles. The van der Waals surface area contributed by atoms with E-state index in [-0.39, 0.29) is 11.7 Å². The Bertz CT molecular complexity index is 570. The number of nitrogens with zero attached hydrogens (tertiary/aromatic N) is 1. The third-order valence-electron chi connectivity index (χ3n) is 5.17. The number of hydrogen-bond acceptors (Lipinski definition) is 4. The Labute approximate surface area is 135 Å². The number of fused-ring (bicyclic) bond motifs is 1. The largest absolute Gasteiger partial charge is 0.462 e. The summed E-state index contributed by atoms with van der Waals surface area (Å²) in [6, 6.07) is 6.22. The van der Waals surface area contributed by atoms with E-state index in [1.807, 2.05) is 0 Å². The summed E-state index contributed by atoms with van der Waals surface area (Å²) in [5.74, 6) is 0.0591. The fourth-order valence-corrected chi connectivity index (χ4v) is 3.96. The highest BCUT2D eigenvalue weighted by atomic mass is 16.6. The third kappa shape index (κ3) is 3.69. The Morgan fingerprint density at radius 2 is 1.91 bits per heavy atom. The van der Waals surface area contributed by atoms with Gasteiger partial charge < -0.3 is 9.64 Å². The number of carbonyl (C=O) groups excluding carboxylic acids is 1. The summed E-state index contributed by atoms with van der Waals surface area (Å²) < 4.78 is 5.49. The van der Waals surface area contributed by atoms with Crippen molar-refractivity contribution in [3.8, 4) is 0 Å². The number of hydrogen-bond donors (Lipinski definition) is 1. The molecule has 0 bridgehead atoms. The molecule has 6 nitrogen and oxygen atoms in total. The fourth-order valence-electron chi connectivity index (χ4n) is 3.96. The number of quaternary nitrogens is 1. The van der Waals surface area contributed by atoms with Crippen molar-refractivity contribution in [2.75, 3.05) is 19.7 Å². The Hall–Kier alpha value is -1.95. The number of nitro benzene ring substituents is 1. The molecule has 1 N–H and O–H groups in total. The van der Waals surface area contributed by atoms with Crippen LogP contribution in [-0.4, -0.2) is 36.6 Å². The molecule has 124 valence electrons. The lowest BCUT2D eigenvalue weighted by Crippen LogP contribution is -3.18. The number of esters is 1. The molecule has 1 aromatic carbocycles. The van der Waals surface area contributed by atoms with E-state index >= 15 is 0 Å². The van der Waals surface area contributed by atoms with E-state index in [0.29, 0.717) is 24.1 Å². The molecule has 0 aliphatic carbocycles. The summed E-state index contributed by atoms with van der Waals surface area (Å²) in [5.41, 5.74) is 0.356. The Morgan fingerprint density at radius 3 is 2.65 bits per heavy atom. The molecule has 0 saturated carbocycles. The minimum atomic E-state index is -0.475. The number of carbonyl (C=O) groups is 1. The lowest BCUT2D eigenvalue weighted by atomic mass is 9.84. The second kappa shape index (κ2) is 7.08. The van der Waals surface area contributed by atoms with Gasteiger partial charge in [-0.2, -0.15) is 0 Å². The molecular weight excluding hydrogens is 296 g/mol. The van der Waals surface area contributed by atoms with Crippen LogP contribution in [0.25, 0.3) is 0 Å². The molecule has 2 saturated heterocycles. The molecule has 3 rings (SSSR count). The van der Waals surface area contributed by atoms with Gasteiger partial charge >= 0.3 is 5.97 Å². The summed E-state index contributed by atoms with van der Waals surface area (Å²) in [6.07, 6.45) is 6.14. The minimum Gasteiger partial charge on any atom is -0.462 e. The zero-order valence-electron chi connectivity index (χ0n) is 13.2. The van der Waals surface area contributed by atoms with Crippen LogP contribution in [0.4, 0.5) is 5.69 Å². The first kappa shape index (κ1) is 15.9. The molecule has 0 spiro atoms. The first-order chi connectivity index (χ1) is 11.1. The number of rotatable bonds is 4. The SMILES string of the molecule is O=C(OC[C@H]1CCC[NH+]2CCCC[C@H]12)c1ccc([N+](=O)[O-])cc1. The maximum Gasteiger partial charge on any atom is 0.338 e. The van der Waals surface area contributed by atoms with Crippen LogP contribution in [0.5, 0.6) is 0 Å². The predicted molar refractivity (Wildman–Crippen MR) is 84.4 cm³/mol. The maximum absolute atomic E-state index is 12.1. The van der Waals surface area contributed by atoms with Crippen molar-refractivity contribution < 1.29 is 19.4 Å². The summed E-state index contributed by atoms with van der Waals surface area (Å²) >= 11 is 0. The zero-order chi connectivity index (χ0) is 16.2. The highest BCUT2D eigenvalue weighted by molar-refractivity contribution is 5.89. The van der Waals surface area contributed by atoms with E-state index < -0.39 is 4.92 Å². The lowest BCUT2D eigenvalue weighted by molar-refractivity contribution is -0.940. The van der Waals surface area contributed by atoms with E-state index in [2.05, 4.69) is 0 Å². The first-order valence-corrected chi connectivity index (χ1v) is 8.41. The predicted octanol–water partition coefficient (Wildman–Crippen LogP) is 1.60. The summed E-state index contributed by atoms with van der Waals surface area (Å²) in [5, 5.41) is 10.6. The normalized spacial score (nSPS) is 27.0. The Balaban J connectivity index is 1.56. The number of benzene rings is 1. The molecular formula is C17H23N2O4+. The number of ether oxygens (including phenoxy) is 1. The Kier molecular flexibility index (Phi) is 4.91. The van der Waals surface area contributed by atoms with Crippen molar-refractivity contribution in [1.29, 1.82) is 0 Å². The minimum absolute atomic E-state index is 0.0183. The average molecular weight is 319 g/mol. The topological polar surface area (TPSA) is 73.9 Å². The van der Waals surface area contributed by atoms with Crippen molar-refractivity contribution in [1.82, 2.24) is 0 Å². The molecule has 0 aromatic heterocycles. The van der Waals surface area contributed by atoms with Gasteiger partial charge in [0, 0.05) is 18.1 Å². The van der Waals surface area contributed by atoms with Crippen molar-refractivity contribution in [3.05, 3.63) is 39.9 Å². The van der Waals surface area contributed by atoms with Crippen LogP contribution in [0.15, 0.2) is 24.3 Å². The first-order valence-electron chi connectivity index (χ1n) is 8.41. The van der Waals surface area contributed by atoms with Gasteiger partial charge in [-0.1, -0.05) is 0 Å². The van der Waals surface area contributed by atoms with Crippen molar-refractivity contribution >= 4 is 11.7 Å². The van der Waals surface area contributed by atoms with Crippen LogP contribution in [0.2, 0.25) is 0 Å². The molecule has 1 aromatic rings. The van der Waals surface area contributed by atoms with Gasteiger partial charge in [0.1, 0.15) is 6.61 Å². The smallest absolute Gasteiger partial charge is 0.338 e. The summed E-state index contributed by atoms with van der Waals surface area (Å²) in [7, 11) is 0. The van der Waals surface area contributed by atoms with Crippen molar-refractivity contribution in [2.24, 2.45) is 5.92 Å². The van der Waals surface area contributed by atoms with Gasteiger partial charge in [0.2, 0.25) is 0 Å². The van der Waals surface area contributed by atoms with Gasteiger partial charge in [-0.15, -0.1) is 0 Å². The van der Waals surface area contributed by atoms with Crippen molar-refractivity contribution in [3.63, 3.8) is 0 Å². The number of nitro groups is 1. The molecule has 1 unspecified atom stereocenters. The van der Waals surface area contributed by atoms with Crippen molar-refractivity contribution in [2.45, 2.75) is 38.1 Å². The van der Waals surface area contributed by atoms with Gasteiger partial charge in [0.25, 0.3) is 5.69 Å². The zero-order valence-corrected chi connectivity index (χ0v) is 13.2. The van der Waals surface area contributed by atoms with Crippen LogP contribution in [0.3, 0.4) is 0 Å². The fraction of sp³-hybridized carbons (Fsp3) is 0.588. The van der Waals surface area contributed by atoms with Crippen LogP contribution in [-0.2, 0) is 4.74 Å². The van der Waals surface area contributed by atoms with Gasteiger partial charge in [0.05, 0.1) is 29.6 Å². The number of non-ortho nitro benzene ring substituents is 1. The van der Waals surface area contributed by atoms with Crippen LogP contribution >= 0.6 is 0 Å². The molecule has 3 atom stereocenters. The molecule has 0 amide bonds. The number of piperidine rings is 2. The van der Waals surface area contributed by atoms with Crippen LogP contribution in [0.1, 0.15) is 42.5 Å². The van der Waals surface area contributed by atoms with Gasteiger partial charge in [-0.3, -0.25) is 10.1 Å². The van der Waals surface area contributed by atoms with E-state index in [1.54, 1.807) is 4.90 Å². The molecule has 2 heterocycles. The standard InChI is InChI=1S/C17H22N2O4/c20-17(13-6-8-15(9-7-13)19(21)22)23-12-14-4-3-11-18-10-2-1-5-16(14)18/h6-9,14,16H,1-5,10-12H2/p+1/t14-,16-/m1/s1. The van der Waals surface area contributed by atoms with Crippen LogP contribution in [0, 0.1) is 16.0 Å². The second-order valence-electron chi connectivity index (χ2n) is 6.57. The summed E-state index contributed by atoms with van der Waals surface area (Å²) in [4.78, 5) is 24.0. The molecule has 6 heteroatoms. The quantitative estimate of drug-likeness (QED) is 0.520. The van der Waals surface area contributed by atoms with E-state index in [4.69, 9.17) is 4.74 Å². The maximum atomic E-state index is 12.1. The third-order valence-corrected chi connectivity index (χ3v) is 5.17. The van der Waals surface area contributed by atoms with Crippen LogP contribution < -0.4 is 4.90 Å². The van der Waals surface area contributed by atoms with E-state index in [1.165, 1.54) is 63.0 Å². The molecule has 0 radical (unpaired) electrons. The average Bonchev–Trinajstić information content (AvgIpc) is 2.59.